The fourth-order valence-corrected chi connectivity index (χ4v) is 9.34. The molecule has 2 aliphatic rings. The van der Waals surface area contributed by atoms with Gasteiger partial charge in [-0.1, -0.05) is 91.0 Å². The number of anilines is 3. The minimum Gasteiger partial charge on any atom is -0.478 e. The Balaban J connectivity index is 0.000000167. The SMILES string of the molecule is COC(=O)/C=C/c1ccc(C(=O)O)cc1.COC(=O)C1CC1c1ccc(C(=O)O)cc1.Nc1ccc2cnccc2c1.O=C(Nc1ccc(Oc2ccccc2)cc1)c1ccc(C2CC2C(=O)Nc2ccc3cnccc3c2)cc1.O=Cc1ccc(/C=C/C(=O)O)cc1. The highest BCUT2D eigenvalue weighted by molar-refractivity contribution is 6.04. The van der Waals surface area contributed by atoms with Crippen LogP contribution in [-0.4, -0.2) is 87.5 Å². The Morgan fingerprint density at radius 3 is 1.55 bits per heavy atom. The van der Waals surface area contributed by atoms with Gasteiger partial charge in [0.25, 0.3) is 5.91 Å². The lowest BCUT2D eigenvalue weighted by Gasteiger charge is -2.09. The number of fused-ring (bicyclic) bond motifs is 2. The fourth-order valence-electron chi connectivity index (χ4n) is 9.34. The van der Waals surface area contributed by atoms with E-state index >= 15 is 0 Å². The van der Waals surface area contributed by atoms with E-state index in [1.54, 1.807) is 85.3 Å². The summed E-state index contributed by atoms with van der Waals surface area (Å²) in [7, 11) is 2.67. The van der Waals surface area contributed by atoms with Crippen LogP contribution in [0.3, 0.4) is 0 Å². The van der Waals surface area contributed by atoms with Crippen molar-refractivity contribution in [2.45, 2.75) is 24.7 Å². The maximum Gasteiger partial charge on any atom is 0.335 e. The van der Waals surface area contributed by atoms with Crippen molar-refractivity contribution in [1.82, 2.24) is 9.97 Å². The molecule has 2 fully saturated rings. The maximum atomic E-state index is 12.8. The van der Waals surface area contributed by atoms with Gasteiger partial charge in [0, 0.05) is 81.8 Å². The van der Waals surface area contributed by atoms with Crippen molar-refractivity contribution >= 4 is 98.7 Å². The molecule has 8 aromatic carbocycles. The lowest BCUT2D eigenvalue weighted by atomic mass is 10.1. The van der Waals surface area contributed by atoms with Crippen LogP contribution < -0.4 is 21.1 Å². The molecule has 2 heterocycles. The zero-order chi connectivity index (χ0) is 66.2. The van der Waals surface area contributed by atoms with E-state index in [-0.39, 0.29) is 52.6 Å². The molecule has 0 saturated heterocycles. The second-order valence-corrected chi connectivity index (χ2v) is 21.0. The van der Waals surface area contributed by atoms with E-state index in [4.69, 9.17) is 25.8 Å². The van der Waals surface area contributed by atoms with Crippen LogP contribution in [-0.2, 0) is 28.7 Å². The Labute approximate surface area is 534 Å². The van der Waals surface area contributed by atoms with E-state index in [2.05, 4.69) is 30.1 Å². The summed E-state index contributed by atoms with van der Waals surface area (Å²) >= 11 is 0. The first kappa shape index (κ1) is 66.6. The molecule has 2 aliphatic carbocycles. The number of carbonyl (C=O) groups excluding carboxylic acids is 5. The lowest BCUT2D eigenvalue weighted by Crippen LogP contribution is -2.14. The van der Waals surface area contributed by atoms with Crippen LogP contribution in [0.5, 0.6) is 11.5 Å². The number of esters is 2. The molecule has 4 unspecified atom stereocenters. The number of nitrogens with two attached hydrogens (primary N) is 1. The van der Waals surface area contributed by atoms with Crippen LogP contribution in [0.15, 0.2) is 237 Å². The third-order valence-electron chi connectivity index (χ3n) is 14.5. The molecule has 468 valence electrons. The van der Waals surface area contributed by atoms with Gasteiger partial charge in [-0.05, 0) is 179 Å². The number of amides is 2. The van der Waals surface area contributed by atoms with E-state index in [0.29, 0.717) is 22.6 Å². The van der Waals surface area contributed by atoms with Crippen LogP contribution in [0.1, 0.15) is 88.4 Å². The first-order valence-corrected chi connectivity index (χ1v) is 28.9. The van der Waals surface area contributed by atoms with Crippen molar-refractivity contribution in [2.75, 3.05) is 30.6 Å². The van der Waals surface area contributed by atoms with E-state index in [1.807, 2.05) is 134 Å². The average molecular weight is 1250 g/mol. The van der Waals surface area contributed by atoms with Gasteiger partial charge >= 0.3 is 29.8 Å². The molecular formula is C74H63N5O14. The number of aldehydes is 1. The number of carboxylic acids is 3. The molecule has 19 heteroatoms. The summed E-state index contributed by atoms with van der Waals surface area (Å²) in [6.45, 7) is 0. The fraction of sp³-hybridized carbons (Fsp3) is 0.108. The molecule has 93 heavy (non-hydrogen) atoms. The molecule has 19 nitrogen and oxygen atoms in total. The van der Waals surface area contributed by atoms with Gasteiger partial charge in [0.1, 0.15) is 17.8 Å². The van der Waals surface area contributed by atoms with Gasteiger partial charge in [-0.3, -0.25) is 29.1 Å². The number of nitrogens with one attached hydrogen (secondary N) is 2. The standard InChI is InChI=1S/C32H25N3O3.C12H12O4.C11H10O4.C10H8O3.C9H8N2/c36-31(34-25-12-14-28(15-13-25)38-27-4-2-1-3-5-27)22-8-6-21(7-9-22)29-19-30(29)32(37)35-26-11-10-24-20-33-17-16-23(24)18-26;1-16-12(15)10-6-9(10)7-2-4-8(5-3-7)11(13)14;1-15-10(12)7-4-8-2-5-9(6-3-8)11(13)14;11-7-9-3-1-8(2-4-9)5-6-10(12)13;10-9-2-1-8-6-11-4-3-7(8)5-9/h1-18,20,29-30H,19H2,(H,34,36)(H,35,37);2-5,9-10H,6H2,1H3,(H,13,14);2-7H,1H3,(H,13,14);1-7H,(H,12,13);1-6H,10H2/b;;7-4+;6-5+;. The number of pyridine rings is 2. The first-order chi connectivity index (χ1) is 45.0. The van der Waals surface area contributed by atoms with Gasteiger partial charge in [0.05, 0.1) is 31.3 Å². The maximum absolute atomic E-state index is 12.8. The van der Waals surface area contributed by atoms with Crippen molar-refractivity contribution < 1.29 is 67.9 Å². The van der Waals surface area contributed by atoms with Gasteiger partial charge in [-0.15, -0.1) is 0 Å². The molecular weight excluding hydrogens is 1180 g/mol. The van der Waals surface area contributed by atoms with Gasteiger partial charge in [-0.25, -0.2) is 19.2 Å². The highest BCUT2D eigenvalue weighted by atomic mass is 16.5. The summed E-state index contributed by atoms with van der Waals surface area (Å²) in [5.74, 6) is -2.03. The number of benzene rings is 8. The third-order valence-corrected chi connectivity index (χ3v) is 14.5. The van der Waals surface area contributed by atoms with Crippen LogP contribution >= 0.6 is 0 Å². The predicted octanol–water partition coefficient (Wildman–Crippen LogP) is 13.7. The second-order valence-electron chi connectivity index (χ2n) is 21.0. The third kappa shape index (κ3) is 20.3. The van der Waals surface area contributed by atoms with Crippen molar-refractivity contribution in [3.63, 3.8) is 0 Å². The van der Waals surface area contributed by atoms with E-state index in [9.17, 15) is 38.4 Å². The summed E-state index contributed by atoms with van der Waals surface area (Å²) in [6.07, 6.45) is 14.8. The van der Waals surface area contributed by atoms with Crippen molar-refractivity contribution in [1.29, 1.82) is 0 Å². The number of para-hydroxylation sites is 1. The van der Waals surface area contributed by atoms with E-state index in [1.165, 1.54) is 38.5 Å². The number of nitrogens with zero attached hydrogens (tertiary/aromatic N) is 2. The highest BCUT2D eigenvalue weighted by Crippen LogP contribution is 2.49. The Morgan fingerprint density at radius 1 is 0.495 bits per heavy atom. The van der Waals surface area contributed by atoms with Crippen LogP contribution in [0.2, 0.25) is 0 Å². The minimum absolute atomic E-state index is 0.0184. The summed E-state index contributed by atoms with van der Waals surface area (Å²) in [5, 5.41) is 36.0. The van der Waals surface area contributed by atoms with Crippen LogP contribution in [0, 0.1) is 11.8 Å². The van der Waals surface area contributed by atoms with Gasteiger partial charge in [0.15, 0.2) is 0 Å². The molecule has 10 aromatic rings. The summed E-state index contributed by atoms with van der Waals surface area (Å²) in [5.41, 5.74) is 13.0. The lowest BCUT2D eigenvalue weighted by molar-refractivity contribution is -0.142. The molecule has 2 amide bonds. The number of carbonyl (C=O) groups is 8. The van der Waals surface area contributed by atoms with Crippen molar-refractivity contribution in [3.8, 4) is 11.5 Å². The highest BCUT2D eigenvalue weighted by Gasteiger charge is 2.45. The topological polar surface area (TPSA) is 301 Å². The normalized spacial score (nSPS) is 14.7. The van der Waals surface area contributed by atoms with Gasteiger partial charge in [-0.2, -0.15) is 0 Å². The van der Waals surface area contributed by atoms with Crippen molar-refractivity contribution in [3.05, 3.63) is 282 Å². The van der Waals surface area contributed by atoms with Gasteiger partial charge < -0.3 is 45.9 Å². The molecule has 7 N–H and O–H groups in total. The Morgan fingerprint density at radius 2 is 0.989 bits per heavy atom. The number of methoxy groups -OCH3 is 2. The number of ether oxygens (including phenoxy) is 3. The van der Waals surface area contributed by atoms with Crippen LogP contribution in [0.4, 0.5) is 17.1 Å². The zero-order valence-electron chi connectivity index (χ0n) is 50.3. The largest absolute Gasteiger partial charge is 0.478 e. The molecule has 0 bridgehead atoms. The summed E-state index contributed by atoms with van der Waals surface area (Å²) in [4.78, 5) is 97.2. The number of aromatic carboxylic acids is 2. The number of nitrogen functional groups attached to an aromatic ring is 1. The van der Waals surface area contributed by atoms with Crippen LogP contribution in [0.25, 0.3) is 33.7 Å². The number of carboxylic acid groups (broad SMARTS) is 3. The summed E-state index contributed by atoms with van der Waals surface area (Å²) in [6, 6.07) is 59.2. The number of aromatic nitrogens is 2. The molecule has 2 aromatic heterocycles. The molecule has 0 spiro atoms. The quantitative estimate of drug-likeness (QED) is 0.0227. The number of rotatable bonds is 16. The molecule has 4 atom stereocenters. The predicted molar refractivity (Wildman–Crippen MR) is 354 cm³/mol. The smallest absolute Gasteiger partial charge is 0.335 e. The first-order valence-electron chi connectivity index (χ1n) is 28.9. The number of hydrogen-bond acceptors (Lipinski definition) is 14. The van der Waals surface area contributed by atoms with E-state index < -0.39 is 23.9 Å². The number of aliphatic carboxylic acids is 1. The molecule has 2 saturated carbocycles. The Bertz CT molecular complexity index is 4310. The second kappa shape index (κ2) is 32.7. The zero-order valence-corrected chi connectivity index (χ0v) is 50.3. The van der Waals surface area contributed by atoms with Gasteiger partial charge in [0.2, 0.25) is 5.91 Å². The Hall–Kier alpha value is -12.4. The minimum atomic E-state index is -0.987. The number of hydrogen-bond donors (Lipinski definition) is 6. The van der Waals surface area contributed by atoms with E-state index in [0.717, 1.165) is 86.1 Å². The molecule has 12 rings (SSSR count). The summed E-state index contributed by atoms with van der Waals surface area (Å²) < 4.78 is 14.9. The molecule has 0 radical (unpaired) electrons. The molecule has 0 aliphatic heterocycles. The monoisotopic (exact) mass is 1250 g/mol. The average Bonchev–Trinajstić information content (AvgIpc) is 1.66. The Kier molecular flexibility index (Phi) is 23.4. The van der Waals surface area contributed by atoms with Crippen molar-refractivity contribution in [2.24, 2.45) is 11.8 Å².